The number of rotatable bonds is 5. The number of aliphatic hydroxyl groups is 1. The van der Waals surface area contributed by atoms with E-state index in [-0.39, 0.29) is 13.2 Å². The highest BCUT2D eigenvalue weighted by Crippen LogP contribution is 2.27. The maximum atomic E-state index is 11.9. The lowest BCUT2D eigenvalue weighted by atomic mass is 9.82. The highest BCUT2D eigenvalue weighted by Gasteiger charge is 2.33. The molecule has 0 aromatic carbocycles. The van der Waals surface area contributed by atoms with Gasteiger partial charge in [0.2, 0.25) is 5.91 Å². The first-order chi connectivity index (χ1) is 8.37. The monoisotopic (exact) mass is 268 g/mol. The van der Waals surface area contributed by atoms with E-state index in [4.69, 9.17) is 0 Å². The number of aliphatic hydroxyl groups excluding tert-OH is 1. The van der Waals surface area contributed by atoms with Crippen LogP contribution in [0, 0.1) is 0 Å². The number of amides is 1. The van der Waals surface area contributed by atoms with Crippen LogP contribution in [0.3, 0.4) is 0 Å². The predicted octanol–water partition coefficient (Wildman–Crippen LogP) is 0.950. The van der Waals surface area contributed by atoms with Crippen molar-refractivity contribution in [3.8, 4) is 0 Å². The molecule has 7 heteroatoms. The molecule has 1 saturated carbocycles. The van der Waals surface area contributed by atoms with Crippen molar-refractivity contribution in [3.05, 3.63) is 0 Å². The van der Waals surface area contributed by atoms with Crippen molar-refractivity contribution < 1.29 is 23.1 Å². The van der Waals surface area contributed by atoms with Crippen LogP contribution in [-0.4, -0.2) is 42.4 Å². The molecule has 0 atom stereocenters. The Morgan fingerprint density at radius 3 is 2.33 bits per heavy atom. The van der Waals surface area contributed by atoms with E-state index in [1.807, 2.05) is 5.32 Å². The van der Waals surface area contributed by atoms with E-state index in [2.05, 4.69) is 5.32 Å². The molecule has 0 aromatic rings. The van der Waals surface area contributed by atoms with Gasteiger partial charge in [-0.3, -0.25) is 4.79 Å². The molecule has 106 valence electrons. The highest BCUT2D eigenvalue weighted by molar-refractivity contribution is 5.78. The summed E-state index contributed by atoms with van der Waals surface area (Å²) < 4.78 is 35.6. The van der Waals surface area contributed by atoms with Crippen LogP contribution in [0.5, 0.6) is 0 Å². The van der Waals surface area contributed by atoms with Gasteiger partial charge < -0.3 is 15.7 Å². The van der Waals surface area contributed by atoms with Crippen LogP contribution in [0.2, 0.25) is 0 Å². The van der Waals surface area contributed by atoms with Crippen molar-refractivity contribution in [2.24, 2.45) is 0 Å². The fourth-order valence-corrected chi connectivity index (χ4v) is 2.21. The SMILES string of the molecule is O=C(CNCC(F)(F)F)NC1(CO)CCCCC1. The topological polar surface area (TPSA) is 61.4 Å². The van der Waals surface area contributed by atoms with E-state index < -0.39 is 24.2 Å². The molecule has 0 bridgehead atoms. The summed E-state index contributed by atoms with van der Waals surface area (Å²) >= 11 is 0. The maximum absolute atomic E-state index is 11.9. The molecule has 0 aromatic heterocycles. The van der Waals surface area contributed by atoms with Crippen molar-refractivity contribution >= 4 is 5.91 Å². The van der Waals surface area contributed by atoms with Gasteiger partial charge in [0.1, 0.15) is 0 Å². The van der Waals surface area contributed by atoms with E-state index in [1.165, 1.54) is 0 Å². The summed E-state index contributed by atoms with van der Waals surface area (Å²) in [7, 11) is 0. The number of carbonyl (C=O) groups excluding carboxylic acids is 1. The summed E-state index contributed by atoms with van der Waals surface area (Å²) in [5.41, 5.74) is -0.644. The molecule has 1 rings (SSSR count). The average molecular weight is 268 g/mol. The molecule has 3 N–H and O–H groups in total. The average Bonchev–Trinajstić information content (AvgIpc) is 2.28. The molecular formula is C11H19F3N2O2. The number of hydrogen-bond acceptors (Lipinski definition) is 3. The Bertz CT molecular complexity index is 276. The molecule has 0 aliphatic heterocycles. The molecule has 0 heterocycles. The van der Waals surface area contributed by atoms with Gasteiger partial charge in [0, 0.05) is 0 Å². The zero-order valence-electron chi connectivity index (χ0n) is 10.1. The van der Waals surface area contributed by atoms with Gasteiger partial charge in [0.15, 0.2) is 0 Å². The Morgan fingerprint density at radius 1 is 1.22 bits per heavy atom. The second-order valence-electron chi connectivity index (χ2n) is 4.77. The zero-order valence-corrected chi connectivity index (χ0v) is 10.1. The Morgan fingerprint density at radius 2 is 1.83 bits per heavy atom. The molecule has 1 fully saturated rings. The first kappa shape index (κ1) is 15.2. The van der Waals surface area contributed by atoms with Gasteiger partial charge in [-0.05, 0) is 12.8 Å². The van der Waals surface area contributed by atoms with Crippen LogP contribution in [-0.2, 0) is 4.79 Å². The maximum Gasteiger partial charge on any atom is 0.401 e. The van der Waals surface area contributed by atoms with Crippen molar-refractivity contribution in [2.45, 2.75) is 43.8 Å². The van der Waals surface area contributed by atoms with Crippen LogP contribution in [0.1, 0.15) is 32.1 Å². The molecule has 0 spiro atoms. The summed E-state index contributed by atoms with van der Waals surface area (Å²) in [5, 5.41) is 14.0. The summed E-state index contributed by atoms with van der Waals surface area (Å²) in [4.78, 5) is 11.5. The number of hydrogen-bond donors (Lipinski definition) is 3. The Kier molecular flexibility index (Phi) is 5.40. The zero-order chi connectivity index (χ0) is 13.6. The number of alkyl halides is 3. The second-order valence-corrected chi connectivity index (χ2v) is 4.77. The van der Waals surface area contributed by atoms with Crippen LogP contribution < -0.4 is 10.6 Å². The van der Waals surface area contributed by atoms with Gasteiger partial charge in [0.25, 0.3) is 0 Å². The van der Waals surface area contributed by atoms with Crippen LogP contribution in [0.25, 0.3) is 0 Å². The van der Waals surface area contributed by atoms with Gasteiger partial charge in [-0.1, -0.05) is 19.3 Å². The van der Waals surface area contributed by atoms with Crippen molar-refractivity contribution in [1.29, 1.82) is 0 Å². The molecule has 0 saturated heterocycles. The quantitative estimate of drug-likeness (QED) is 0.695. The lowest BCUT2D eigenvalue weighted by Crippen LogP contribution is -2.54. The van der Waals surface area contributed by atoms with Crippen molar-refractivity contribution in [3.63, 3.8) is 0 Å². The molecule has 0 unspecified atom stereocenters. The van der Waals surface area contributed by atoms with Crippen LogP contribution in [0.15, 0.2) is 0 Å². The van der Waals surface area contributed by atoms with Gasteiger partial charge in [-0.25, -0.2) is 0 Å². The van der Waals surface area contributed by atoms with E-state index in [0.717, 1.165) is 19.3 Å². The third kappa shape index (κ3) is 5.22. The van der Waals surface area contributed by atoms with E-state index in [1.54, 1.807) is 0 Å². The minimum absolute atomic E-state index is 0.169. The van der Waals surface area contributed by atoms with E-state index in [9.17, 15) is 23.1 Å². The van der Waals surface area contributed by atoms with Gasteiger partial charge in [-0.15, -0.1) is 0 Å². The van der Waals surface area contributed by atoms with E-state index in [0.29, 0.717) is 12.8 Å². The number of halogens is 3. The lowest BCUT2D eigenvalue weighted by Gasteiger charge is -2.36. The van der Waals surface area contributed by atoms with Crippen molar-refractivity contribution in [1.82, 2.24) is 10.6 Å². The Labute approximate surface area is 104 Å². The molecule has 4 nitrogen and oxygen atoms in total. The molecule has 18 heavy (non-hydrogen) atoms. The molecule has 0 radical (unpaired) electrons. The highest BCUT2D eigenvalue weighted by atomic mass is 19.4. The minimum Gasteiger partial charge on any atom is -0.394 e. The molecule has 1 aliphatic rings. The smallest absolute Gasteiger partial charge is 0.394 e. The molecule has 1 aliphatic carbocycles. The summed E-state index contributed by atoms with van der Waals surface area (Å²) in [6.45, 7) is -1.74. The first-order valence-corrected chi connectivity index (χ1v) is 6.06. The third-order valence-electron chi connectivity index (χ3n) is 3.13. The second kappa shape index (κ2) is 6.38. The summed E-state index contributed by atoms with van der Waals surface area (Å²) in [5.74, 6) is -0.504. The Balaban J connectivity index is 2.33. The van der Waals surface area contributed by atoms with Crippen LogP contribution >= 0.6 is 0 Å². The fourth-order valence-electron chi connectivity index (χ4n) is 2.21. The van der Waals surface area contributed by atoms with Crippen molar-refractivity contribution in [2.75, 3.05) is 19.7 Å². The predicted molar refractivity (Wildman–Crippen MR) is 60.0 cm³/mol. The number of nitrogens with one attached hydrogen (secondary N) is 2. The summed E-state index contributed by atoms with van der Waals surface area (Å²) in [6.07, 6.45) is -0.0829. The third-order valence-corrected chi connectivity index (χ3v) is 3.13. The van der Waals surface area contributed by atoms with Gasteiger partial charge >= 0.3 is 6.18 Å². The fraction of sp³-hybridized carbons (Fsp3) is 0.909. The first-order valence-electron chi connectivity index (χ1n) is 6.06. The largest absolute Gasteiger partial charge is 0.401 e. The lowest BCUT2D eigenvalue weighted by molar-refractivity contribution is -0.129. The van der Waals surface area contributed by atoms with Gasteiger partial charge in [0.05, 0.1) is 25.2 Å². The van der Waals surface area contributed by atoms with E-state index >= 15 is 0 Å². The molecular weight excluding hydrogens is 249 g/mol. The Hall–Kier alpha value is -0.820. The minimum atomic E-state index is -4.32. The number of carbonyl (C=O) groups is 1. The summed E-state index contributed by atoms with van der Waals surface area (Å²) in [6, 6.07) is 0. The standard InChI is InChI=1S/C11H19F3N2O2/c12-11(13,14)7-15-6-9(18)16-10(8-17)4-2-1-3-5-10/h15,17H,1-8H2,(H,16,18). The van der Waals surface area contributed by atoms with Crippen LogP contribution in [0.4, 0.5) is 13.2 Å². The normalized spacial score (nSPS) is 19.6. The molecule has 1 amide bonds. The van der Waals surface area contributed by atoms with Gasteiger partial charge in [-0.2, -0.15) is 13.2 Å².